The molecular formula is C27H31ClN2O3S. The van der Waals surface area contributed by atoms with Crippen LogP contribution in [-0.2, 0) is 22.9 Å². The number of benzene rings is 3. The van der Waals surface area contributed by atoms with Crippen LogP contribution in [0.2, 0.25) is 0 Å². The average Bonchev–Trinajstić information content (AvgIpc) is 3.31. The molecule has 0 aliphatic rings. The summed E-state index contributed by atoms with van der Waals surface area (Å²) in [6, 6.07) is 24.0. The first-order valence-electron chi connectivity index (χ1n) is 11.2. The normalized spacial score (nSPS) is 11.5. The van der Waals surface area contributed by atoms with Crippen molar-refractivity contribution in [1.29, 1.82) is 0 Å². The molecule has 0 spiro atoms. The summed E-state index contributed by atoms with van der Waals surface area (Å²) in [5.41, 5.74) is 3.96. The maximum Gasteiger partial charge on any atom is 0.178 e. The number of ether oxygens (including phenoxy) is 1. The molecule has 4 aromatic rings. The Hall–Kier alpha value is -2.80. The van der Waals surface area contributed by atoms with E-state index in [-0.39, 0.29) is 18.2 Å². The number of fused-ring (bicyclic) bond motifs is 1. The molecule has 0 bridgehead atoms. The molecule has 34 heavy (non-hydrogen) atoms. The lowest BCUT2D eigenvalue weighted by molar-refractivity contribution is 0.269. The number of nitrogens with one attached hydrogen (secondary N) is 1. The molecule has 0 saturated carbocycles. The largest absolute Gasteiger partial charge is 0.496 e. The maximum atomic E-state index is 12.4. The highest BCUT2D eigenvalue weighted by atomic mass is 35.5. The van der Waals surface area contributed by atoms with E-state index in [1.54, 1.807) is 32.2 Å². The van der Waals surface area contributed by atoms with Gasteiger partial charge in [-0.15, -0.1) is 12.4 Å². The van der Waals surface area contributed by atoms with Crippen LogP contribution in [-0.4, -0.2) is 37.7 Å². The van der Waals surface area contributed by atoms with Gasteiger partial charge in [-0.3, -0.25) is 4.90 Å². The average molecular weight is 499 g/mol. The summed E-state index contributed by atoms with van der Waals surface area (Å²) in [6.45, 7) is 6.33. The predicted octanol–water partition coefficient (Wildman–Crippen LogP) is 6.08. The summed E-state index contributed by atoms with van der Waals surface area (Å²) < 4.78 is 30.3. The zero-order valence-electron chi connectivity index (χ0n) is 19.7. The molecule has 3 aromatic carbocycles. The summed E-state index contributed by atoms with van der Waals surface area (Å²) in [4.78, 5) is 6.16. The molecule has 0 aliphatic heterocycles. The van der Waals surface area contributed by atoms with Gasteiger partial charge in [0, 0.05) is 30.0 Å². The highest BCUT2D eigenvalue weighted by Crippen LogP contribution is 2.32. The molecule has 0 saturated heterocycles. The Morgan fingerprint density at radius 1 is 0.912 bits per heavy atom. The molecule has 0 aliphatic carbocycles. The highest BCUT2D eigenvalue weighted by molar-refractivity contribution is 7.91. The fourth-order valence-electron chi connectivity index (χ4n) is 4.14. The lowest BCUT2D eigenvalue weighted by atomic mass is 10.0. The van der Waals surface area contributed by atoms with Crippen LogP contribution in [0.5, 0.6) is 5.75 Å². The van der Waals surface area contributed by atoms with Crippen LogP contribution in [0.25, 0.3) is 22.0 Å². The second kappa shape index (κ2) is 11.1. The maximum absolute atomic E-state index is 12.4. The number of methoxy groups -OCH3 is 1. The molecule has 0 unspecified atom stereocenters. The van der Waals surface area contributed by atoms with E-state index < -0.39 is 9.84 Å². The number of hydrogen-bond acceptors (Lipinski definition) is 4. The van der Waals surface area contributed by atoms with Crippen molar-refractivity contribution in [3.63, 3.8) is 0 Å². The van der Waals surface area contributed by atoms with Crippen molar-refractivity contribution in [3.8, 4) is 17.0 Å². The number of rotatable bonds is 9. The Kier molecular flexibility index (Phi) is 8.42. The van der Waals surface area contributed by atoms with E-state index in [0.717, 1.165) is 36.6 Å². The third kappa shape index (κ3) is 5.46. The first-order chi connectivity index (χ1) is 15.9. The molecule has 5 nitrogen and oxygen atoms in total. The van der Waals surface area contributed by atoms with Crippen LogP contribution < -0.4 is 4.74 Å². The van der Waals surface area contributed by atoms with Gasteiger partial charge < -0.3 is 9.72 Å². The van der Waals surface area contributed by atoms with Crippen molar-refractivity contribution >= 4 is 33.0 Å². The topological polar surface area (TPSA) is 62.4 Å². The number of H-pyrrole nitrogens is 1. The van der Waals surface area contributed by atoms with Crippen molar-refractivity contribution in [2.24, 2.45) is 0 Å². The summed E-state index contributed by atoms with van der Waals surface area (Å²) in [5, 5.41) is 2.53. The van der Waals surface area contributed by atoms with Gasteiger partial charge in [-0.2, -0.15) is 0 Å². The highest BCUT2D eigenvalue weighted by Gasteiger charge is 2.17. The number of aromatic amines is 1. The van der Waals surface area contributed by atoms with Crippen LogP contribution >= 0.6 is 12.4 Å². The van der Waals surface area contributed by atoms with Crippen molar-refractivity contribution in [2.75, 3.05) is 19.4 Å². The van der Waals surface area contributed by atoms with Crippen LogP contribution in [0.4, 0.5) is 0 Å². The molecule has 0 atom stereocenters. The molecule has 180 valence electrons. The molecule has 1 aromatic heterocycles. The smallest absolute Gasteiger partial charge is 0.178 e. The monoisotopic (exact) mass is 498 g/mol. The van der Waals surface area contributed by atoms with Crippen molar-refractivity contribution in [2.45, 2.75) is 31.8 Å². The Morgan fingerprint density at radius 3 is 2.41 bits per heavy atom. The Morgan fingerprint density at radius 2 is 1.68 bits per heavy atom. The first kappa shape index (κ1) is 25.8. The second-order valence-corrected chi connectivity index (χ2v) is 10.4. The lowest BCUT2D eigenvalue weighted by Crippen LogP contribution is -2.22. The first-order valence-corrected chi connectivity index (χ1v) is 12.9. The van der Waals surface area contributed by atoms with Gasteiger partial charge in [-0.25, -0.2) is 8.42 Å². The second-order valence-electron chi connectivity index (χ2n) is 8.10. The van der Waals surface area contributed by atoms with E-state index in [2.05, 4.69) is 65.3 Å². The zero-order chi connectivity index (χ0) is 23.4. The van der Waals surface area contributed by atoms with E-state index in [1.807, 2.05) is 6.07 Å². The van der Waals surface area contributed by atoms with Crippen LogP contribution in [0.3, 0.4) is 0 Å². The van der Waals surface area contributed by atoms with Gasteiger partial charge in [0.25, 0.3) is 0 Å². The fraction of sp³-hybridized carbons (Fsp3) is 0.259. The Bertz CT molecular complexity index is 1360. The summed E-state index contributed by atoms with van der Waals surface area (Å²) in [7, 11) is -1.70. The number of aromatic nitrogens is 1. The van der Waals surface area contributed by atoms with Crippen molar-refractivity contribution in [3.05, 3.63) is 84.1 Å². The van der Waals surface area contributed by atoms with Gasteiger partial charge in [-0.1, -0.05) is 56.3 Å². The Balaban J connectivity index is 0.00000324. The third-order valence-electron chi connectivity index (χ3n) is 6.06. The molecule has 4 rings (SSSR count). The minimum atomic E-state index is -3.30. The standard InChI is InChI=1S/C27H30N2O3S.ClH/c1-4-29(18-21-11-8-10-20-9-6-7-12-24(20)21)19-22-13-15-26(28-22)25-17-23(33(30,31)5-2)14-16-27(25)32-3;/h6-17,28H,4-5,18-19H2,1-3H3;1H. The molecular weight excluding hydrogens is 468 g/mol. The quantitative estimate of drug-likeness (QED) is 0.303. The van der Waals surface area contributed by atoms with E-state index in [0.29, 0.717) is 10.6 Å². The summed E-state index contributed by atoms with van der Waals surface area (Å²) in [6.07, 6.45) is 0. The van der Waals surface area contributed by atoms with E-state index >= 15 is 0 Å². The fourth-order valence-corrected chi connectivity index (χ4v) is 5.05. The zero-order valence-corrected chi connectivity index (χ0v) is 21.4. The summed E-state index contributed by atoms with van der Waals surface area (Å²) in [5.74, 6) is 0.704. The van der Waals surface area contributed by atoms with E-state index in [9.17, 15) is 8.42 Å². The minimum absolute atomic E-state index is 0. The van der Waals surface area contributed by atoms with Crippen LogP contribution in [0, 0.1) is 0 Å². The number of hydrogen-bond donors (Lipinski definition) is 1. The molecule has 0 fully saturated rings. The van der Waals surface area contributed by atoms with E-state index in [1.165, 1.54) is 16.3 Å². The SMILES string of the molecule is CCN(Cc1ccc(-c2cc(S(=O)(=O)CC)ccc2OC)[nH]1)Cc1cccc2ccccc12.Cl. The number of nitrogens with zero attached hydrogens (tertiary/aromatic N) is 1. The van der Waals surface area contributed by atoms with Crippen molar-refractivity contribution < 1.29 is 13.2 Å². The van der Waals surface area contributed by atoms with Gasteiger partial charge in [-0.05, 0) is 53.2 Å². The molecule has 0 radical (unpaired) electrons. The van der Waals surface area contributed by atoms with Gasteiger partial charge in [0.15, 0.2) is 9.84 Å². The molecule has 1 N–H and O–H groups in total. The van der Waals surface area contributed by atoms with Gasteiger partial charge >= 0.3 is 0 Å². The van der Waals surface area contributed by atoms with Crippen molar-refractivity contribution in [1.82, 2.24) is 9.88 Å². The predicted molar refractivity (Wildman–Crippen MR) is 141 cm³/mol. The van der Waals surface area contributed by atoms with Crippen LogP contribution in [0.15, 0.2) is 77.7 Å². The van der Waals surface area contributed by atoms with Gasteiger partial charge in [0.1, 0.15) is 5.75 Å². The number of sulfone groups is 1. The van der Waals surface area contributed by atoms with Gasteiger partial charge in [0.2, 0.25) is 0 Å². The van der Waals surface area contributed by atoms with E-state index in [4.69, 9.17) is 4.74 Å². The minimum Gasteiger partial charge on any atom is -0.496 e. The van der Waals surface area contributed by atoms with Crippen LogP contribution in [0.1, 0.15) is 25.1 Å². The number of halogens is 1. The Labute approximate surface area is 208 Å². The summed E-state index contributed by atoms with van der Waals surface area (Å²) >= 11 is 0. The third-order valence-corrected chi connectivity index (χ3v) is 7.79. The molecule has 0 amide bonds. The van der Waals surface area contributed by atoms with Gasteiger partial charge in [0.05, 0.1) is 17.8 Å². The lowest BCUT2D eigenvalue weighted by Gasteiger charge is -2.21. The molecule has 7 heteroatoms. The molecule has 1 heterocycles.